The first-order chi connectivity index (χ1) is 19.0. The highest BCUT2D eigenvalue weighted by molar-refractivity contribution is 7.86. The summed E-state index contributed by atoms with van der Waals surface area (Å²) in [4.78, 5) is 53.2. The van der Waals surface area contributed by atoms with E-state index in [9.17, 15) is 37.3 Å². The Morgan fingerprint density at radius 1 is 0.950 bits per heavy atom. The summed E-state index contributed by atoms with van der Waals surface area (Å²) in [6, 6.07) is 13.8. The van der Waals surface area contributed by atoms with Gasteiger partial charge in [0.25, 0.3) is 21.9 Å². The highest BCUT2D eigenvalue weighted by Crippen LogP contribution is 2.38. The Hall–Kier alpha value is -4.75. The third-order valence-corrected chi connectivity index (χ3v) is 7.41. The van der Waals surface area contributed by atoms with Crippen LogP contribution in [0.25, 0.3) is 0 Å². The number of carboxylic acids is 1. The van der Waals surface area contributed by atoms with E-state index in [-0.39, 0.29) is 18.7 Å². The van der Waals surface area contributed by atoms with Crippen LogP contribution in [0.4, 0.5) is 16.2 Å². The summed E-state index contributed by atoms with van der Waals surface area (Å²) >= 11 is 0. The molecule has 1 atom stereocenters. The SMILES string of the molecule is CC(CCN1/C(=C/C=C/C=C2\C(=O)N(CC(=O)O)C(=O)N(c3ccccc3)C2=O)Oc2ccccc21)S(=O)(=O)O. The van der Waals surface area contributed by atoms with Crippen LogP contribution in [0.5, 0.6) is 5.75 Å². The number of ether oxygens (including phenoxy) is 1. The van der Waals surface area contributed by atoms with Gasteiger partial charge in [0.15, 0.2) is 5.75 Å². The molecule has 0 aliphatic carbocycles. The topological polar surface area (TPSA) is 162 Å². The molecule has 0 bridgehead atoms. The third-order valence-electron chi connectivity index (χ3n) is 6.16. The lowest BCUT2D eigenvalue weighted by atomic mass is 10.1. The number of urea groups is 1. The second kappa shape index (κ2) is 11.6. The Balaban J connectivity index is 1.61. The van der Waals surface area contributed by atoms with Crippen molar-refractivity contribution in [2.45, 2.75) is 18.6 Å². The number of nitrogens with zero attached hydrogens (tertiary/aromatic N) is 3. The average molecular weight is 568 g/mol. The van der Waals surface area contributed by atoms with Crippen molar-refractivity contribution in [3.63, 3.8) is 0 Å². The second-order valence-electron chi connectivity index (χ2n) is 8.85. The highest BCUT2D eigenvalue weighted by atomic mass is 32.2. The first-order valence-corrected chi connectivity index (χ1v) is 13.6. The van der Waals surface area contributed by atoms with Gasteiger partial charge in [-0.05, 0) is 49.8 Å². The summed E-state index contributed by atoms with van der Waals surface area (Å²) in [5.41, 5.74) is 0.431. The Morgan fingerprint density at radius 2 is 1.60 bits per heavy atom. The monoisotopic (exact) mass is 567 g/mol. The van der Waals surface area contributed by atoms with E-state index in [1.54, 1.807) is 47.4 Å². The molecule has 4 amide bonds. The van der Waals surface area contributed by atoms with Crippen LogP contribution in [0.2, 0.25) is 0 Å². The van der Waals surface area contributed by atoms with E-state index in [1.807, 2.05) is 0 Å². The van der Waals surface area contributed by atoms with E-state index < -0.39 is 51.3 Å². The molecule has 1 fully saturated rings. The number of anilines is 2. The minimum Gasteiger partial charge on any atom is -0.480 e. The normalized spacial score (nSPS) is 18.6. The molecule has 2 aliphatic rings. The molecule has 0 aromatic heterocycles. The number of barbiturate groups is 1. The first kappa shape index (κ1) is 28.3. The highest BCUT2D eigenvalue weighted by Gasteiger charge is 2.43. The average Bonchev–Trinajstić information content (AvgIpc) is 3.26. The molecule has 40 heavy (non-hydrogen) atoms. The Bertz CT molecular complexity index is 1550. The van der Waals surface area contributed by atoms with E-state index in [4.69, 9.17) is 4.74 Å². The molecule has 12 nitrogen and oxygen atoms in total. The maximum absolute atomic E-state index is 13.1. The van der Waals surface area contributed by atoms with Gasteiger partial charge in [0, 0.05) is 6.54 Å². The van der Waals surface area contributed by atoms with E-state index in [0.29, 0.717) is 22.2 Å². The van der Waals surface area contributed by atoms with Crippen LogP contribution < -0.4 is 14.5 Å². The van der Waals surface area contributed by atoms with E-state index in [1.165, 1.54) is 43.4 Å². The molecule has 0 radical (unpaired) electrons. The Morgan fingerprint density at radius 3 is 2.27 bits per heavy atom. The number of aliphatic carboxylic acids is 1. The number of carbonyl (C=O) groups excluding carboxylic acids is 3. The largest absolute Gasteiger partial charge is 0.480 e. The summed E-state index contributed by atoms with van der Waals surface area (Å²) < 4.78 is 38.1. The van der Waals surface area contributed by atoms with Crippen LogP contribution in [0, 0.1) is 0 Å². The van der Waals surface area contributed by atoms with Gasteiger partial charge in [0.2, 0.25) is 5.88 Å². The smallest absolute Gasteiger partial charge is 0.339 e. The lowest BCUT2D eigenvalue weighted by Crippen LogP contribution is -2.57. The molecule has 1 saturated heterocycles. The Labute approximate surface area is 229 Å². The van der Waals surface area contributed by atoms with Crippen molar-refractivity contribution >= 4 is 45.3 Å². The molecule has 2 heterocycles. The van der Waals surface area contributed by atoms with E-state index in [0.717, 1.165) is 4.90 Å². The number of hydrogen-bond donors (Lipinski definition) is 2. The maximum Gasteiger partial charge on any atom is 0.339 e. The standard InChI is InChI=1S/C27H25N3O9S/c1-18(40(36,37)38)15-16-28-21-12-6-7-13-22(21)39-23(28)14-8-5-11-20-25(33)29(17-24(31)32)27(35)30(26(20)34)19-9-3-2-4-10-19/h2-14,18H,15-17H2,1H3,(H,31,32)(H,36,37,38)/b8-5+,20-11+,23-14-. The predicted octanol–water partition coefficient (Wildman–Crippen LogP) is 2.96. The molecule has 0 saturated carbocycles. The van der Waals surface area contributed by atoms with Gasteiger partial charge < -0.3 is 14.7 Å². The van der Waals surface area contributed by atoms with Gasteiger partial charge in [-0.1, -0.05) is 42.5 Å². The van der Waals surface area contributed by atoms with Crippen molar-refractivity contribution in [2.75, 3.05) is 22.9 Å². The van der Waals surface area contributed by atoms with Crippen molar-refractivity contribution in [3.8, 4) is 5.75 Å². The van der Waals surface area contributed by atoms with Crippen LogP contribution in [0.15, 0.2) is 90.4 Å². The molecular formula is C27H25N3O9S. The lowest BCUT2D eigenvalue weighted by Gasteiger charge is -2.32. The van der Waals surface area contributed by atoms with Crippen molar-refractivity contribution in [1.29, 1.82) is 0 Å². The molecule has 13 heteroatoms. The van der Waals surface area contributed by atoms with Gasteiger partial charge in [-0.25, -0.2) is 14.6 Å². The molecule has 2 aliphatic heterocycles. The number of hydrogen-bond acceptors (Lipinski definition) is 8. The van der Waals surface area contributed by atoms with Crippen molar-refractivity contribution < 1.29 is 42.0 Å². The second-order valence-corrected chi connectivity index (χ2v) is 10.7. The number of allylic oxidation sites excluding steroid dienone is 4. The number of carbonyl (C=O) groups is 4. The van der Waals surface area contributed by atoms with E-state index in [2.05, 4.69) is 0 Å². The predicted molar refractivity (Wildman–Crippen MR) is 144 cm³/mol. The number of fused-ring (bicyclic) bond motifs is 1. The van der Waals surface area contributed by atoms with Crippen LogP contribution in [-0.4, -0.2) is 65.1 Å². The number of rotatable bonds is 9. The number of amides is 4. The van der Waals surface area contributed by atoms with Crippen LogP contribution >= 0.6 is 0 Å². The van der Waals surface area contributed by atoms with Crippen molar-refractivity contribution in [2.24, 2.45) is 0 Å². The fourth-order valence-corrected chi connectivity index (χ4v) is 4.43. The number of para-hydroxylation sites is 3. The summed E-state index contributed by atoms with van der Waals surface area (Å²) in [5, 5.41) is 8.21. The minimum atomic E-state index is -4.22. The summed E-state index contributed by atoms with van der Waals surface area (Å²) in [6.07, 6.45) is 5.64. The molecule has 1 unspecified atom stereocenters. The van der Waals surface area contributed by atoms with Crippen molar-refractivity contribution in [3.05, 3.63) is 90.4 Å². The summed E-state index contributed by atoms with van der Waals surface area (Å²) in [6.45, 7) is 0.666. The third kappa shape index (κ3) is 5.95. The fraction of sp³-hybridized carbons (Fsp3) is 0.185. The quantitative estimate of drug-likeness (QED) is 0.262. The minimum absolute atomic E-state index is 0.105. The molecular weight excluding hydrogens is 542 g/mol. The molecule has 2 aromatic rings. The van der Waals surface area contributed by atoms with Gasteiger partial charge in [0.1, 0.15) is 12.1 Å². The zero-order chi connectivity index (χ0) is 29.0. The van der Waals surface area contributed by atoms with Gasteiger partial charge >= 0.3 is 12.0 Å². The molecule has 2 N–H and O–H groups in total. The van der Waals surface area contributed by atoms with Crippen molar-refractivity contribution in [1.82, 2.24) is 4.90 Å². The maximum atomic E-state index is 13.1. The van der Waals surface area contributed by atoms with Gasteiger partial charge in [0.05, 0.1) is 16.6 Å². The van der Waals surface area contributed by atoms with Gasteiger partial charge in [-0.15, -0.1) is 0 Å². The molecule has 4 rings (SSSR count). The van der Waals surface area contributed by atoms with Crippen LogP contribution in [-0.2, 0) is 24.5 Å². The first-order valence-electron chi connectivity index (χ1n) is 12.1. The number of carboxylic acid groups (broad SMARTS) is 1. The molecule has 208 valence electrons. The summed E-state index contributed by atoms with van der Waals surface area (Å²) in [5.74, 6) is -2.53. The fourth-order valence-electron chi connectivity index (χ4n) is 4.03. The zero-order valence-electron chi connectivity index (χ0n) is 21.2. The number of benzene rings is 2. The molecule has 0 spiro atoms. The van der Waals surface area contributed by atoms with Crippen LogP contribution in [0.1, 0.15) is 13.3 Å². The van der Waals surface area contributed by atoms with Gasteiger partial charge in [-0.3, -0.25) is 18.9 Å². The Kier molecular flexibility index (Phi) is 8.16. The number of imide groups is 2. The zero-order valence-corrected chi connectivity index (χ0v) is 22.0. The van der Waals surface area contributed by atoms with Gasteiger partial charge in [-0.2, -0.15) is 8.42 Å². The summed E-state index contributed by atoms with van der Waals surface area (Å²) in [7, 11) is -4.22. The lowest BCUT2D eigenvalue weighted by molar-refractivity contribution is -0.142. The van der Waals surface area contributed by atoms with Crippen LogP contribution in [0.3, 0.4) is 0 Å². The molecule has 2 aromatic carbocycles. The van der Waals surface area contributed by atoms with E-state index >= 15 is 0 Å².